The Morgan fingerprint density at radius 3 is 2.39 bits per heavy atom. The first-order valence-electron chi connectivity index (χ1n) is 9.61. The standard InChI is InChI=1S/C20H23F3N4O3S/c1-13(18(29)25-19-16(17(24)28)6-11-31-19)27-9-7-26(8-10-27)12-14-2-4-15(5-3-14)30-20(21,22)23/h2-6,11,13H,7-10,12H2,1H3,(H2,24,28)(H,25,29). The number of carbonyl (C=O) groups is 2. The number of rotatable bonds is 7. The van der Waals surface area contributed by atoms with E-state index in [9.17, 15) is 22.8 Å². The van der Waals surface area contributed by atoms with Crippen molar-refractivity contribution in [1.29, 1.82) is 0 Å². The van der Waals surface area contributed by atoms with Gasteiger partial charge in [-0.3, -0.25) is 19.4 Å². The lowest BCUT2D eigenvalue weighted by Crippen LogP contribution is -2.52. The van der Waals surface area contributed by atoms with Crippen LogP contribution in [0.5, 0.6) is 5.75 Å². The molecule has 1 unspecified atom stereocenters. The van der Waals surface area contributed by atoms with Gasteiger partial charge in [-0.1, -0.05) is 12.1 Å². The Bertz CT molecular complexity index is 909. The third-order valence-electron chi connectivity index (χ3n) is 5.06. The van der Waals surface area contributed by atoms with E-state index in [0.717, 1.165) is 5.56 Å². The third-order valence-corrected chi connectivity index (χ3v) is 5.89. The van der Waals surface area contributed by atoms with Crippen molar-refractivity contribution in [1.82, 2.24) is 9.80 Å². The zero-order chi connectivity index (χ0) is 22.6. The molecule has 0 spiro atoms. The summed E-state index contributed by atoms with van der Waals surface area (Å²) in [6.45, 7) is 5.15. The van der Waals surface area contributed by atoms with Crippen LogP contribution in [0.25, 0.3) is 0 Å². The lowest BCUT2D eigenvalue weighted by molar-refractivity contribution is -0.274. The van der Waals surface area contributed by atoms with E-state index < -0.39 is 12.3 Å². The minimum absolute atomic E-state index is 0.210. The Balaban J connectivity index is 1.48. The van der Waals surface area contributed by atoms with Gasteiger partial charge in [0.1, 0.15) is 10.8 Å². The van der Waals surface area contributed by atoms with Crippen LogP contribution >= 0.6 is 11.3 Å². The minimum Gasteiger partial charge on any atom is -0.406 e. The van der Waals surface area contributed by atoms with Crippen LogP contribution in [0.15, 0.2) is 35.7 Å². The topological polar surface area (TPSA) is 87.9 Å². The summed E-state index contributed by atoms with van der Waals surface area (Å²) in [4.78, 5) is 28.2. The largest absolute Gasteiger partial charge is 0.573 e. The van der Waals surface area contributed by atoms with Crippen molar-refractivity contribution in [2.75, 3.05) is 31.5 Å². The molecule has 2 aromatic rings. The first-order chi connectivity index (χ1) is 14.6. The fourth-order valence-corrected chi connectivity index (χ4v) is 4.14. The Labute approximate surface area is 181 Å². The summed E-state index contributed by atoms with van der Waals surface area (Å²) in [6.07, 6.45) is -4.70. The van der Waals surface area contributed by atoms with E-state index in [0.29, 0.717) is 43.3 Å². The van der Waals surface area contributed by atoms with E-state index in [4.69, 9.17) is 5.73 Å². The number of nitrogens with zero attached hydrogens (tertiary/aromatic N) is 2. The van der Waals surface area contributed by atoms with E-state index in [1.807, 2.05) is 11.8 Å². The molecule has 1 aliphatic heterocycles. The fourth-order valence-electron chi connectivity index (χ4n) is 3.35. The van der Waals surface area contributed by atoms with Gasteiger partial charge < -0.3 is 15.8 Å². The van der Waals surface area contributed by atoms with Gasteiger partial charge in [0, 0.05) is 32.7 Å². The van der Waals surface area contributed by atoms with Gasteiger partial charge in [0.15, 0.2) is 0 Å². The van der Waals surface area contributed by atoms with Crippen LogP contribution < -0.4 is 15.8 Å². The summed E-state index contributed by atoms with van der Waals surface area (Å²) in [7, 11) is 0. The highest BCUT2D eigenvalue weighted by Crippen LogP contribution is 2.24. The molecule has 7 nitrogen and oxygen atoms in total. The minimum atomic E-state index is -4.70. The number of thiophene rings is 1. The van der Waals surface area contributed by atoms with E-state index in [1.54, 1.807) is 23.6 Å². The number of benzene rings is 1. The average molecular weight is 456 g/mol. The molecule has 0 saturated carbocycles. The number of ether oxygens (including phenoxy) is 1. The summed E-state index contributed by atoms with van der Waals surface area (Å²) >= 11 is 1.24. The van der Waals surface area contributed by atoms with E-state index >= 15 is 0 Å². The molecule has 0 radical (unpaired) electrons. The van der Waals surface area contributed by atoms with Gasteiger partial charge >= 0.3 is 6.36 Å². The number of nitrogens with two attached hydrogens (primary N) is 1. The fraction of sp³-hybridized carbons (Fsp3) is 0.400. The number of carbonyl (C=O) groups excluding carboxylic acids is 2. The maximum Gasteiger partial charge on any atom is 0.573 e. The number of hydrogen-bond donors (Lipinski definition) is 2. The molecule has 1 aliphatic rings. The number of hydrogen-bond acceptors (Lipinski definition) is 6. The van der Waals surface area contributed by atoms with Gasteiger partial charge in [0.2, 0.25) is 5.91 Å². The van der Waals surface area contributed by atoms with Gasteiger partial charge in [0.05, 0.1) is 11.6 Å². The second kappa shape index (κ2) is 9.67. The number of halogens is 3. The Hall–Kier alpha value is -2.63. The zero-order valence-corrected chi connectivity index (χ0v) is 17.6. The molecule has 168 valence electrons. The summed E-state index contributed by atoms with van der Waals surface area (Å²) in [5.41, 5.74) is 6.48. The molecule has 3 N–H and O–H groups in total. The van der Waals surface area contributed by atoms with Crippen molar-refractivity contribution >= 4 is 28.2 Å². The Kier molecular flexibility index (Phi) is 7.19. The second-order valence-corrected chi connectivity index (χ2v) is 8.11. The molecule has 1 aromatic heterocycles. The molecular weight excluding hydrogens is 433 g/mol. The number of nitrogens with one attached hydrogen (secondary N) is 1. The van der Waals surface area contributed by atoms with E-state index in [1.165, 1.54) is 23.5 Å². The molecule has 1 atom stereocenters. The zero-order valence-electron chi connectivity index (χ0n) is 16.8. The average Bonchev–Trinajstić information content (AvgIpc) is 3.17. The van der Waals surface area contributed by atoms with Crippen LogP contribution in [0.1, 0.15) is 22.8 Å². The van der Waals surface area contributed by atoms with Crippen molar-refractivity contribution in [3.05, 3.63) is 46.8 Å². The summed E-state index contributed by atoms with van der Waals surface area (Å²) < 4.78 is 40.6. The van der Waals surface area contributed by atoms with Crippen molar-refractivity contribution in [2.24, 2.45) is 5.73 Å². The van der Waals surface area contributed by atoms with Crippen LogP contribution in [0.3, 0.4) is 0 Å². The lowest BCUT2D eigenvalue weighted by Gasteiger charge is -2.37. The van der Waals surface area contributed by atoms with Gasteiger partial charge in [-0.25, -0.2) is 0 Å². The first-order valence-corrected chi connectivity index (χ1v) is 10.5. The van der Waals surface area contributed by atoms with Crippen LogP contribution in [0.4, 0.5) is 18.2 Å². The van der Waals surface area contributed by atoms with Gasteiger partial charge in [0.25, 0.3) is 5.91 Å². The van der Waals surface area contributed by atoms with Gasteiger partial charge in [-0.05, 0) is 36.1 Å². The molecule has 0 aliphatic carbocycles. The maximum absolute atomic E-state index is 12.6. The number of primary amides is 1. The number of anilines is 1. The summed E-state index contributed by atoms with van der Waals surface area (Å²) in [5.74, 6) is -1.04. The second-order valence-electron chi connectivity index (χ2n) is 7.20. The van der Waals surface area contributed by atoms with E-state index in [2.05, 4.69) is 15.0 Å². The monoisotopic (exact) mass is 456 g/mol. The predicted molar refractivity (Wildman–Crippen MR) is 111 cm³/mol. The molecule has 2 amide bonds. The number of amides is 2. The highest BCUT2D eigenvalue weighted by atomic mass is 32.1. The highest BCUT2D eigenvalue weighted by Gasteiger charge is 2.31. The summed E-state index contributed by atoms with van der Waals surface area (Å²) in [5, 5.41) is 4.91. The van der Waals surface area contributed by atoms with E-state index in [-0.39, 0.29) is 17.7 Å². The smallest absolute Gasteiger partial charge is 0.406 e. The molecule has 3 rings (SSSR count). The molecule has 1 aromatic carbocycles. The maximum atomic E-state index is 12.6. The van der Waals surface area contributed by atoms with Gasteiger partial charge in [-0.2, -0.15) is 0 Å². The molecule has 1 saturated heterocycles. The van der Waals surface area contributed by atoms with Crippen LogP contribution in [0.2, 0.25) is 0 Å². The predicted octanol–water partition coefficient (Wildman–Crippen LogP) is 2.89. The lowest BCUT2D eigenvalue weighted by atomic mass is 10.1. The van der Waals surface area contributed by atoms with Crippen molar-refractivity contribution in [3.63, 3.8) is 0 Å². The Morgan fingerprint density at radius 1 is 1.16 bits per heavy atom. The van der Waals surface area contributed by atoms with Crippen molar-refractivity contribution in [3.8, 4) is 5.75 Å². The molecule has 1 fully saturated rings. The highest BCUT2D eigenvalue weighted by molar-refractivity contribution is 7.14. The third kappa shape index (κ3) is 6.42. The first kappa shape index (κ1) is 23.0. The SMILES string of the molecule is CC(C(=O)Nc1sccc1C(N)=O)N1CCN(Cc2ccc(OC(F)(F)F)cc2)CC1. The summed E-state index contributed by atoms with van der Waals surface area (Å²) in [6, 6.07) is 7.02. The normalized spacial score (nSPS) is 16.6. The number of alkyl halides is 3. The number of piperazine rings is 1. The van der Waals surface area contributed by atoms with Crippen LogP contribution in [-0.4, -0.2) is 60.2 Å². The van der Waals surface area contributed by atoms with Crippen molar-refractivity contribution in [2.45, 2.75) is 25.9 Å². The molecule has 2 heterocycles. The van der Waals surface area contributed by atoms with Crippen LogP contribution in [-0.2, 0) is 11.3 Å². The molecular formula is C20H23F3N4O3S. The Morgan fingerprint density at radius 2 is 1.81 bits per heavy atom. The molecule has 0 bridgehead atoms. The quantitative estimate of drug-likeness (QED) is 0.669. The van der Waals surface area contributed by atoms with Crippen LogP contribution in [0, 0.1) is 0 Å². The van der Waals surface area contributed by atoms with Crippen molar-refractivity contribution < 1.29 is 27.5 Å². The molecule has 11 heteroatoms. The molecule has 31 heavy (non-hydrogen) atoms. The van der Waals surface area contributed by atoms with Gasteiger partial charge in [-0.15, -0.1) is 24.5 Å².